The Bertz CT molecular complexity index is 385. The number of rotatable bonds is 1. The molecule has 0 unspecified atom stereocenters. The first-order valence-corrected chi connectivity index (χ1v) is 4.62. The third-order valence-electron chi connectivity index (χ3n) is 1.60. The van der Waals surface area contributed by atoms with Crippen LogP contribution in [-0.4, -0.2) is 15.9 Å². The lowest BCUT2D eigenvalue weighted by atomic mass is 10.2. The monoisotopic (exact) mass is 215 g/mol. The Kier molecular flexibility index (Phi) is 4.46. The van der Waals surface area contributed by atoms with Crippen molar-refractivity contribution in [2.75, 3.05) is 0 Å². The van der Waals surface area contributed by atoms with Crippen molar-refractivity contribution in [2.45, 2.75) is 0 Å². The van der Waals surface area contributed by atoms with Crippen LogP contribution >= 0.6 is 0 Å². The Morgan fingerprint density at radius 3 is 1.94 bits per heavy atom. The molecular weight excluding hydrogens is 202 g/mol. The molecule has 1 aromatic heterocycles. The second kappa shape index (κ2) is 6.13. The van der Waals surface area contributed by atoms with E-state index in [0.717, 1.165) is 11.4 Å². The summed E-state index contributed by atoms with van der Waals surface area (Å²) in [6.45, 7) is 0. The zero-order chi connectivity index (χ0) is 11.8. The second-order valence-electron chi connectivity index (χ2n) is 2.89. The lowest BCUT2D eigenvalue weighted by molar-refractivity contribution is 1.18. The van der Waals surface area contributed by atoms with Crippen LogP contribution in [0.15, 0.2) is 48.8 Å². The highest BCUT2D eigenvalue weighted by Crippen LogP contribution is 2.11. The molecule has 1 aromatic carbocycles. The molecule has 0 atom stereocenters. The lowest BCUT2D eigenvalue weighted by Gasteiger charge is -1.96. The Labute approximate surface area is 93.7 Å². The van der Waals surface area contributed by atoms with E-state index in [9.17, 15) is 0 Å². The summed E-state index contributed by atoms with van der Waals surface area (Å²) >= 11 is 0. The molecular formula is C11H13N5. The largest absolute Gasteiger partial charge is 0.370 e. The van der Waals surface area contributed by atoms with Gasteiger partial charge in [-0.2, -0.15) is 0 Å². The van der Waals surface area contributed by atoms with Gasteiger partial charge in [0, 0.05) is 18.0 Å². The van der Waals surface area contributed by atoms with Gasteiger partial charge in [-0.3, -0.25) is 5.41 Å². The molecule has 1 heterocycles. The van der Waals surface area contributed by atoms with Crippen LogP contribution in [0.25, 0.3) is 11.4 Å². The minimum atomic E-state index is -0.333. The summed E-state index contributed by atoms with van der Waals surface area (Å²) in [5.41, 5.74) is 10.00. The van der Waals surface area contributed by atoms with Gasteiger partial charge >= 0.3 is 0 Å². The number of benzene rings is 1. The maximum atomic E-state index is 6.06. The number of guanidine groups is 1. The summed E-state index contributed by atoms with van der Waals surface area (Å²) in [6, 6.07) is 11.7. The van der Waals surface area contributed by atoms with E-state index in [4.69, 9.17) is 5.41 Å². The molecule has 0 radical (unpaired) electrons. The van der Waals surface area contributed by atoms with Crippen molar-refractivity contribution >= 4 is 5.96 Å². The van der Waals surface area contributed by atoms with Gasteiger partial charge in [-0.05, 0) is 6.07 Å². The summed E-state index contributed by atoms with van der Waals surface area (Å²) in [6.07, 6.45) is 3.49. The molecule has 0 aliphatic rings. The molecule has 0 saturated carbocycles. The fraction of sp³-hybridized carbons (Fsp3) is 0. The molecule has 2 aromatic rings. The lowest BCUT2D eigenvalue weighted by Crippen LogP contribution is -2.20. The highest BCUT2D eigenvalue weighted by Gasteiger charge is 1.95. The van der Waals surface area contributed by atoms with Crippen LogP contribution in [-0.2, 0) is 0 Å². The molecule has 16 heavy (non-hydrogen) atoms. The fourth-order valence-corrected chi connectivity index (χ4v) is 1.04. The molecule has 0 spiro atoms. The van der Waals surface area contributed by atoms with E-state index >= 15 is 0 Å². The average molecular weight is 215 g/mol. The molecule has 2 rings (SSSR count). The second-order valence-corrected chi connectivity index (χ2v) is 2.89. The highest BCUT2D eigenvalue weighted by atomic mass is 14.9. The van der Waals surface area contributed by atoms with Gasteiger partial charge in [0.1, 0.15) is 0 Å². The van der Waals surface area contributed by atoms with Gasteiger partial charge in [0.05, 0.1) is 0 Å². The normalized spacial score (nSPS) is 8.75. The van der Waals surface area contributed by atoms with E-state index in [1.807, 2.05) is 36.4 Å². The third kappa shape index (κ3) is 4.19. The van der Waals surface area contributed by atoms with Crippen LogP contribution in [0.1, 0.15) is 0 Å². The summed E-state index contributed by atoms with van der Waals surface area (Å²) in [5, 5.41) is 6.06. The minimum Gasteiger partial charge on any atom is -0.370 e. The molecule has 0 amide bonds. The number of hydrogen-bond donors (Lipinski definition) is 3. The number of nitrogens with one attached hydrogen (secondary N) is 1. The number of nitrogens with zero attached hydrogens (tertiary/aromatic N) is 2. The van der Waals surface area contributed by atoms with Crippen molar-refractivity contribution in [3.63, 3.8) is 0 Å². The number of aromatic nitrogens is 2. The Morgan fingerprint density at radius 1 is 0.938 bits per heavy atom. The van der Waals surface area contributed by atoms with Crippen LogP contribution < -0.4 is 11.5 Å². The van der Waals surface area contributed by atoms with Crippen molar-refractivity contribution in [1.29, 1.82) is 5.41 Å². The minimum absolute atomic E-state index is 0.333. The van der Waals surface area contributed by atoms with Gasteiger partial charge in [-0.1, -0.05) is 30.3 Å². The Morgan fingerprint density at radius 2 is 1.44 bits per heavy atom. The zero-order valence-electron chi connectivity index (χ0n) is 8.67. The number of hydrogen-bond acceptors (Lipinski definition) is 3. The van der Waals surface area contributed by atoms with E-state index < -0.39 is 0 Å². The van der Waals surface area contributed by atoms with Crippen molar-refractivity contribution in [1.82, 2.24) is 9.97 Å². The van der Waals surface area contributed by atoms with E-state index in [2.05, 4.69) is 21.4 Å². The van der Waals surface area contributed by atoms with Gasteiger partial charge in [0.15, 0.2) is 11.8 Å². The van der Waals surface area contributed by atoms with Crippen molar-refractivity contribution in [3.8, 4) is 11.4 Å². The van der Waals surface area contributed by atoms with Crippen molar-refractivity contribution in [2.24, 2.45) is 11.5 Å². The first-order valence-electron chi connectivity index (χ1n) is 4.62. The SMILES string of the molecule is N=C(N)N.c1ccc(-c2ncccn2)cc1. The summed E-state index contributed by atoms with van der Waals surface area (Å²) in [5.74, 6) is 0.443. The van der Waals surface area contributed by atoms with Crippen molar-refractivity contribution < 1.29 is 0 Å². The summed E-state index contributed by atoms with van der Waals surface area (Å²) in [4.78, 5) is 8.28. The smallest absolute Gasteiger partial charge is 0.183 e. The zero-order valence-corrected chi connectivity index (χ0v) is 8.67. The van der Waals surface area contributed by atoms with E-state index in [1.165, 1.54) is 0 Å². The topological polar surface area (TPSA) is 102 Å². The molecule has 0 fully saturated rings. The molecule has 5 heteroatoms. The first-order chi connectivity index (χ1) is 7.70. The summed E-state index contributed by atoms with van der Waals surface area (Å²) in [7, 11) is 0. The Balaban J connectivity index is 0.000000280. The molecule has 0 aliphatic heterocycles. The van der Waals surface area contributed by atoms with Crippen LogP contribution in [0.3, 0.4) is 0 Å². The first kappa shape index (κ1) is 11.6. The van der Waals surface area contributed by atoms with Crippen LogP contribution in [0.5, 0.6) is 0 Å². The molecule has 5 nitrogen and oxygen atoms in total. The molecule has 0 bridgehead atoms. The van der Waals surface area contributed by atoms with Gasteiger partial charge in [-0.25, -0.2) is 9.97 Å². The van der Waals surface area contributed by atoms with Crippen LogP contribution in [0.4, 0.5) is 0 Å². The maximum absolute atomic E-state index is 6.06. The van der Waals surface area contributed by atoms with E-state index in [-0.39, 0.29) is 5.96 Å². The quantitative estimate of drug-likeness (QED) is 0.487. The number of nitrogens with two attached hydrogens (primary N) is 2. The molecule has 5 N–H and O–H groups in total. The predicted molar refractivity (Wildman–Crippen MR) is 63.6 cm³/mol. The Hall–Kier alpha value is -2.43. The van der Waals surface area contributed by atoms with E-state index in [1.54, 1.807) is 12.4 Å². The molecule has 82 valence electrons. The average Bonchev–Trinajstić information content (AvgIpc) is 2.31. The van der Waals surface area contributed by atoms with E-state index in [0.29, 0.717) is 0 Å². The summed E-state index contributed by atoms with van der Waals surface area (Å²) < 4.78 is 0. The van der Waals surface area contributed by atoms with Gasteiger partial charge in [0.25, 0.3) is 0 Å². The van der Waals surface area contributed by atoms with Gasteiger partial charge in [0.2, 0.25) is 0 Å². The van der Waals surface area contributed by atoms with Crippen LogP contribution in [0.2, 0.25) is 0 Å². The molecule has 0 saturated heterocycles. The van der Waals surface area contributed by atoms with Gasteiger partial charge < -0.3 is 11.5 Å². The maximum Gasteiger partial charge on any atom is 0.183 e. The standard InChI is InChI=1S/C10H8N2.CH5N3/c1-2-5-9(6-3-1)10-11-7-4-8-12-10;2-1(3)4/h1-8H;(H5,2,3,4). The predicted octanol–water partition coefficient (Wildman–Crippen LogP) is 0.982. The van der Waals surface area contributed by atoms with Crippen LogP contribution in [0, 0.1) is 5.41 Å². The highest BCUT2D eigenvalue weighted by molar-refractivity contribution is 5.71. The van der Waals surface area contributed by atoms with Gasteiger partial charge in [-0.15, -0.1) is 0 Å². The third-order valence-corrected chi connectivity index (χ3v) is 1.60. The fourth-order valence-electron chi connectivity index (χ4n) is 1.04. The van der Waals surface area contributed by atoms with Crippen molar-refractivity contribution in [3.05, 3.63) is 48.8 Å². The molecule has 0 aliphatic carbocycles.